The summed E-state index contributed by atoms with van der Waals surface area (Å²) in [5, 5.41) is 4.67. The van der Waals surface area contributed by atoms with E-state index in [9.17, 15) is 0 Å². The van der Waals surface area contributed by atoms with Crippen LogP contribution in [-0.4, -0.2) is 60.0 Å². The molecule has 16 heavy (non-hydrogen) atoms. The summed E-state index contributed by atoms with van der Waals surface area (Å²) in [5.74, 6) is 0. The van der Waals surface area contributed by atoms with Crippen LogP contribution >= 0.6 is 11.8 Å². The standard InChI is InChI=1S/C11H24ClN3O/c1-5-11(3,16-4)15(6-2)14-9-7-13(12)8-10-14/h5-10H2,1-4H3. The zero-order valence-corrected chi connectivity index (χ0v) is 11.6. The Morgan fingerprint density at radius 1 is 1.25 bits per heavy atom. The first-order chi connectivity index (χ1) is 7.57. The summed E-state index contributed by atoms with van der Waals surface area (Å²) in [4.78, 5) is 0. The van der Waals surface area contributed by atoms with Crippen LogP contribution in [0.5, 0.6) is 0 Å². The Hall–Kier alpha value is 0.130. The first-order valence-corrected chi connectivity index (χ1v) is 6.39. The Kier molecular flexibility index (Phi) is 5.47. The molecule has 1 unspecified atom stereocenters. The number of hydrazine groups is 1. The van der Waals surface area contributed by atoms with E-state index in [0.29, 0.717) is 0 Å². The SMILES string of the molecule is CCN(N1CCN(Cl)CC1)C(C)(CC)OC. The Balaban J connectivity index is 2.66. The number of ether oxygens (including phenoxy) is 1. The number of nitrogens with zero attached hydrogens (tertiary/aromatic N) is 3. The van der Waals surface area contributed by atoms with Crippen molar-refractivity contribution in [2.75, 3.05) is 39.8 Å². The normalized spacial score (nSPS) is 23.6. The van der Waals surface area contributed by atoms with Crippen molar-refractivity contribution in [1.29, 1.82) is 0 Å². The zero-order chi connectivity index (χ0) is 12.2. The van der Waals surface area contributed by atoms with Crippen molar-refractivity contribution in [3.8, 4) is 0 Å². The van der Waals surface area contributed by atoms with Crippen LogP contribution in [-0.2, 0) is 4.74 Å². The van der Waals surface area contributed by atoms with Crippen LogP contribution in [0.15, 0.2) is 0 Å². The van der Waals surface area contributed by atoms with Crippen molar-refractivity contribution in [2.24, 2.45) is 0 Å². The lowest BCUT2D eigenvalue weighted by Gasteiger charge is -2.47. The lowest BCUT2D eigenvalue weighted by molar-refractivity contribution is -0.223. The third-order valence-corrected chi connectivity index (χ3v) is 3.82. The van der Waals surface area contributed by atoms with E-state index in [-0.39, 0.29) is 5.72 Å². The van der Waals surface area contributed by atoms with E-state index < -0.39 is 0 Å². The van der Waals surface area contributed by atoms with Gasteiger partial charge in [0.25, 0.3) is 0 Å². The first kappa shape index (κ1) is 14.2. The smallest absolute Gasteiger partial charge is 0.130 e. The van der Waals surface area contributed by atoms with E-state index in [1.54, 1.807) is 7.11 Å². The summed E-state index contributed by atoms with van der Waals surface area (Å²) < 4.78 is 7.51. The average molecular weight is 250 g/mol. The molecule has 0 bridgehead atoms. The van der Waals surface area contributed by atoms with Crippen molar-refractivity contribution in [3.63, 3.8) is 0 Å². The summed E-state index contributed by atoms with van der Waals surface area (Å²) in [7, 11) is 1.78. The minimum Gasteiger partial charge on any atom is -0.363 e. The summed E-state index contributed by atoms with van der Waals surface area (Å²) >= 11 is 5.97. The number of methoxy groups -OCH3 is 1. The molecule has 96 valence electrons. The molecule has 0 spiro atoms. The Morgan fingerprint density at radius 2 is 1.81 bits per heavy atom. The predicted molar refractivity (Wildman–Crippen MR) is 67.1 cm³/mol. The van der Waals surface area contributed by atoms with E-state index in [4.69, 9.17) is 16.5 Å². The molecule has 1 heterocycles. The number of piperazine rings is 1. The fraction of sp³-hybridized carbons (Fsp3) is 1.00. The van der Waals surface area contributed by atoms with E-state index in [1.807, 2.05) is 4.42 Å². The van der Waals surface area contributed by atoms with Crippen LogP contribution in [0.25, 0.3) is 0 Å². The van der Waals surface area contributed by atoms with Crippen LogP contribution < -0.4 is 0 Å². The second-order valence-corrected chi connectivity index (χ2v) is 4.79. The van der Waals surface area contributed by atoms with Gasteiger partial charge >= 0.3 is 0 Å². The van der Waals surface area contributed by atoms with Gasteiger partial charge in [0.1, 0.15) is 5.72 Å². The van der Waals surface area contributed by atoms with Gasteiger partial charge in [0.2, 0.25) is 0 Å². The van der Waals surface area contributed by atoms with Gasteiger partial charge in [-0.05, 0) is 25.1 Å². The first-order valence-electron chi connectivity index (χ1n) is 6.05. The molecule has 0 aromatic heterocycles. The van der Waals surface area contributed by atoms with Gasteiger partial charge in [0.15, 0.2) is 0 Å². The fourth-order valence-corrected chi connectivity index (χ4v) is 2.33. The van der Waals surface area contributed by atoms with Gasteiger partial charge in [-0.2, -0.15) is 0 Å². The fourth-order valence-electron chi connectivity index (χ4n) is 2.18. The largest absolute Gasteiger partial charge is 0.363 e. The van der Waals surface area contributed by atoms with Gasteiger partial charge in [-0.1, -0.05) is 13.8 Å². The third kappa shape index (κ3) is 3.08. The Bertz CT molecular complexity index is 203. The maximum atomic E-state index is 5.97. The maximum Gasteiger partial charge on any atom is 0.130 e. The molecule has 0 saturated carbocycles. The number of hydrogen-bond donors (Lipinski definition) is 0. The van der Waals surface area contributed by atoms with Gasteiger partial charge in [-0.15, -0.1) is 0 Å². The monoisotopic (exact) mass is 249 g/mol. The molecule has 0 amide bonds. The van der Waals surface area contributed by atoms with Gasteiger partial charge in [0, 0.05) is 39.8 Å². The van der Waals surface area contributed by atoms with Gasteiger partial charge in [-0.25, -0.2) is 14.4 Å². The van der Waals surface area contributed by atoms with E-state index in [1.165, 1.54) is 0 Å². The Morgan fingerprint density at radius 3 is 2.19 bits per heavy atom. The molecule has 0 aromatic rings. The molecule has 5 heteroatoms. The number of rotatable bonds is 5. The quantitative estimate of drug-likeness (QED) is 0.546. The lowest BCUT2D eigenvalue weighted by Crippen LogP contribution is -2.60. The number of hydrogen-bond acceptors (Lipinski definition) is 4. The van der Waals surface area contributed by atoms with Gasteiger partial charge in [-0.3, -0.25) is 0 Å². The van der Waals surface area contributed by atoms with Crippen molar-refractivity contribution in [2.45, 2.75) is 32.9 Å². The molecular formula is C11H24ClN3O. The topological polar surface area (TPSA) is 19.0 Å². The summed E-state index contributed by atoms with van der Waals surface area (Å²) in [5.41, 5.74) is -0.205. The molecule has 0 aromatic carbocycles. The van der Waals surface area contributed by atoms with Crippen molar-refractivity contribution >= 4 is 11.8 Å². The second kappa shape index (κ2) is 6.17. The van der Waals surface area contributed by atoms with E-state index in [0.717, 1.165) is 39.1 Å². The van der Waals surface area contributed by atoms with Gasteiger partial charge < -0.3 is 4.74 Å². The maximum absolute atomic E-state index is 5.97. The van der Waals surface area contributed by atoms with Gasteiger partial charge in [0.05, 0.1) is 0 Å². The molecule has 1 aliphatic rings. The molecule has 4 nitrogen and oxygen atoms in total. The van der Waals surface area contributed by atoms with Crippen LogP contribution in [0.1, 0.15) is 27.2 Å². The summed E-state index contributed by atoms with van der Waals surface area (Å²) in [6.07, 6.45) is 0.971. The molecule has 1 aliphatic heterocycles. The highest BCUT2D eigenvalue weighted by molar-refractivity contribution is 6.13. The predicted octanol–water partition coefficient (Wildman–Crippen LogP) is 1.77. The Labute approximate surface area is 104 Å². The highest BCUT2D eigenvalue weighted by Crippen LogP contribution is 2.23. The molecule has 1 atom stereocenters. The molecule has 1 fully saturated rings. The number of halogens is 1. The summed E-state index contributed by atoms with van der Waals surface area (Å²) in [6.45, 7) is 11.2. The van der Waals surface area contributed by atoms with Crippen LogP contribution in [0.4, 0.5) is 0 Å². The average Bonchev–Trinajstić information content (AvgIpc) is 2.32. The third-order valence-electron chi connectivity index (χ3n) is 3.48. The molecular weight excluding hydrogens is 226 g/mol. The molecule has 0 radical (unpaired) electrons. The molecule has 1 saturated heterocycles. The van der Waals surface area contributed by atoms with Crippen LogP contribution in [0.2, 0.25) is 0 Å². The molecule has 0 N–H and O–H groups in total. The van der Waals surface area contributed by atoms with Crippen molar-refractivity contribution in [3.05, 3.63) is 0 Å². The second-order valence-electron chi connectivity index (χ2n) is 4.31. The summed E-state index contributed by atoms with van der Waals surface area (Å²) in [6, 6.07) is 0. The highest BCUT2D eigenvalue weighted by atomic mass is 35.5. The van der Waals surface area contributed by atoms with Crippen LogP contribution in [0.3, 0.4) is 0 Å². The van der Waals surface area contributed by atoms with E-state index >= 15 is 0 Å². The minimum absolute atomic E-state index is 0.205. The van der Waals surface area contributed by atoms with Crippen molar-refractivity contribution in [1.82, 2.24) is 14.4 Å². The van der Waals surface area contributed by atoms with Crippen molar-refractivity contribution < 1.29 is 4.74 Å². The highest BCUT2D eigenvalue weighted by Gasteiger charge is 2.34. The zero-order valence-electron chi connectivity index (χ0n) is 10.9. The van der Waals surface area contributed by atoms with E-state index in [2.05, 4.69) is 30.8 Å². The lowest BCUT2D eigenvalue weighted by atomic mass is 10.2. The van der Waals surface area contributed by atoms with Crippen LogP contribution in [0, 0.1) is 0 Å². The minimum atomic E-state index is -0.205. The molecule has 0 aliphatic carbocycles. The molecule has 1 rings (SSSR count).